The van der Waals surface area contributed by atoms with E-state index in [9.17, 15) is 4.79 Å². The molecule has 6 heteroatoms. The van der Waals surface area contributed by atoms with Gasteiger partial charge < -0.3 is 19.5 Å². The van der Waals surface area contributed by atoms with Gasteiger partial charge in [-0.05, 0) is 29.5 Å². The van der Waals surface area contributed by atoms with Gasteiger partial charge in [-0.3, -0.25) is 4.79 Å². The SMILES string of the molecule is CCCCCCCC(Sc1ccc(C(C)(C)C)cc1)C(=O)Nc1c(OC)cc(OC)cc1OC. The average molecular weight is 488 g/mol. The Bertz CT molecular complexity index is 881. The van der Waals surface area contributed by atoms with Crippen LogP contribution in [-0.4, -0.2) is 32.5 Å². The van der Waals surface area contributed by atoms with Crippen molar-refractivity contribution in [2.75, 3.05) is 26.6 Å². The number of benzene rings is 2. The first kappa shape index (κ1) is 27.9. The van der Waals surface area contributed by atoms with Gasteiger partial charge >= 0.3 is 0 Å². The summed E-state index contributed by atoms with van der Waals surface area (Å²) in [6.07, 6.45) is 6.60. The summed E-state index contributed by atoms with van der Waals surface area (Å²) >= 11 is 1.62. The van der Waals surface area contributed by atoms with E-state index in [0.29, 0.717) is 22.9 Å². The number of rotatable bonds is 13. The van der Waals surface area contributed by atoms with Crippen LogP contribution in [0.2, 0.25) is 0 Å². The van der Waals surface area contributed by atoms with Crippen LogP contribution in [-0.2, 0) is 10.2 Å². The first-order valence-corrected chi connectivity index (χ1v) is 13.0. The summed E-state index contributed by atoms with van der Waals surface area (Å²) in [7, 11) is 4.73. The van der Waals surface area contributed by atoms with Crippen LogP contribution in [0.15, 0.2) is 41.3 Å². The van der Waals surface area contributed by atoms with E-state index in [0.717, 1.165) is 24.2 Å². The normalized spacial score (nSPS) is 12.2. The molecule has 0 heterocycles. The van der Waals surface area contributed by atoms with E-state index < -0.39 is 0 Å². The Kier molecular flexibility index (Phi) is 11.1. The van der Waals surface area contributed by atoms with E-state index in [-0.39, 0.29) is 16.6 Å². The molecule has 2 aromatic rings. The van der Waals surface area contributed by atoms with E-state index in [2.05, 4.69) is 57.3 Å². The lowest BCUT2D eigenvalue weighted by molar-refractivity contribution is -0.115. The molecule has 34 heavy (non-hydrogen) atoms. The number of hydrogen-bond acceptors (Lipinski definition) is 5. The van der Waals surface area contributed by atoms with Crippen molar-refractivity contribution in [2.45, 2.75) is 81.8 Å². The molecule has 1 N–H and O–H groups in total. The van der Waals surface area contributed by atoms with Crippen LogP contribution in [0, 0.1) is 0 Å². The van der Waals surface area contributed by atoms with Crippen molar-refractivity contribution in [3.8, 4) is 17.2 Å². The molecule has 0 aliphatic rings. The summed E-state index contributed by atoms with van der Waals surface area (Å²) in [5.74, 6) is 1.56. The minimum Gasteiger partial charge on any atom is -0.496 e. The van der Waals surface area contributed by atoms with Gasteiger partial charge in [-0.25, -0.2) is 0 Å². The van der Waals surface area contributed by atoms with Crippen LogP contribution < -0.4 is 19.5 Å². The Balaban J connectivity index is 2.23. The Hall–Kier alpha value is -2.34. The Labute approximate surface area is 210 Å². The number of amides is 1. The quantitative estimate of drug-likeness (QED) is 0.235. The number of methoxy groups -OCH3 is 3. The Morgan fingerprint density at radius 3 is 2.00 bits per heavy atom. The molecule has 0 aliphatic heterocycles. The highest BCUT2D eigenvalue weighted by molar-refractivity contribution is 8.00. The number of carbonyl (C=O) groups is 1. The minimum atomic E-state index is -0.223. The lowest BCUT2D eigenvalue weighted by Crippen LogP contribution is -2.26. The zero-order chi connectivity index (χ0) is 25.1. The molecule has 5 nitrogen and oxygen atoms in total. The number of thioether (sulfide) groups is 1. The molecule has 0 spiro atoms. The summed E-state index contributed by atoms with van der Waals surface area (Å²) in [6, 6.07) is 12.1. The van der Waals surface area contributed by atoms with E-state index >= 15 is 0 Å². The summed E-state index contributed by atoms with van der Waals surface area (Å²) < 4.78 is 16.4. The number of anilines is 1. The van der Waals surface area contributed by atoms with E-state index in [1.54, 1.807) is 45.2 Å². The second kappa shape index (κ2) is 13.5. The van der Waals surface area contributed by atoms with Gasteiger partial charge in [0, 0.05) is 17.0 Å². The van der Waals surface area contributed by atoms with Crippen LogP contribution in [0.4, 0.5) is 5.69 Å². The van der Waals surface area contributed by atoms with Gasteiger partial charge in [0.15, 0.2) is 0 Å². The predicted molar refractivity (Wildman–Crippen MR) is 143 cm³/mol. The van der Waals surface area contributed by atoms with Crippen LogP contribution in [0.5, 0.6) is 17.2 Å². The zero-order valence-electron chi connectivity index (χ0n) is 21.8. The second-order valence-electron chi connectivity index (χ2n) is 9.48. The van der Waals surface area contributed by atoms with Crippen molar-refractivity contribution in [1.29, 1.82) is 0 Å². The number of unbranched alkanes of at least 4 members (excludes halogenated alkanes) is 4. The maximum Gasteiger partial charge on any atom is 0.238 e. The largest absolute Gasteiger partial charge is 0.496 e. The first-order chi connectivity index (χ1) is 16.2. The maximum atomic E-state index is 13.5. The minimum absolute atomic E-state index is 0.0536. The molecule has 188 valence electrons. The van der Waals surface area contributed by atoms with Gasteiger partial charge in [-0.15, -0.1) is 11.8 Å². The molecule has 0 saturated heterocycles. The predicted octanol–water partition coefficient (Wildman–Crippen LogP) is 7.47. The van der Waals surface area contributed by atoms with Gasteiger partial charge in [-0.2, -0.15) is 0 Å². The van der Waals surface area contributed by atoms with Gasteiger partial charge in [0.2, 0.25) is 5.91 Å². The molecular weight excluding hydrogens is 446 g/mol. The molecule has 1 atom stereocenters. The molecule has 0 aliphatic carbocycles. The molecule has 2 aromatic carbocycles. The molecule has 2 rings (SSSR count). The Morgan fingerprint density at radius 2 is 1.50 bits per heavy atom. The summed E-state index contributed by atoms with van der Waals surface area (Å²) in [4.78, 5) is 14.6. The standard InChI is InChI=1S/C28H41NO4S/c1-8-9-10-11-12-13-25(34-22-16-14-20(15-17-22)28(2,3)4)27(30)29-26-23(32-6)18-21(31-5)19-24(26)33-7/h14-19,25H,8-13H2,1-7H3,(H,29,30). The van der Waals surface area contributed by atoms with Crippen LogP contribution in [0.3, 0.4) is 0 Å². The fraction of sp³-hybridized carbons (Fsp3) is 0.536. The third-order valence-electron chi connectivity index (χ3n) is 5.82. The van der Waals surface area contributed by atoms with Gasteiger partial charge in [0.05, 0.1) is 26.6 Å². The molecule has 0 radical (unpaired) electrons. The van der Waals surface area contributed by atoms with Crippen molar-refractivity contribution in [3.05, 3.63) is 42.0 Å². The summed E-state index contributed by atoms with van der Waals surface area (Å²) in [5, 5.41) is 2.85. The fourth-order valence-electron chi connectivity index (χ4n) is 3.71. The first-order valence-electron chi connectivity index (χ1n) is 12.1. The average Bonchev–Trinajstić information content (AvgIpc) is 2.82. The van der Waals surface area contributed by atoms with E-state index in [1.807, 2.05) is 0 Å². The molecule has 0 saturated carbocycles. The smallest absolute Gasteiger partial charge is 0.238 e. The number of ether oxygens (including phenoxy) is 3. The topological polar surface area (TPSA) is 56.8 Å². The number of hydrogen-bond donors (Lipinski definition) is 1. The molecular formula is C28H41NO4S. The third-order valence-corrected chi connectivity index (χ3v) is 7.10. The van der Waals surface area contributed by atoms with Crippen molar-refractivity contribution in [2.24, 2.45) is 0 Å². The van der Waals surface area contributed by atoms with Crippen molar-refractivity contribution in [3.63, 3.8) is 0 Å². The zero-order valence-corrected chi connectivity index (χ0v) is 22.6. The second-order valence-corrected chi connectivity index (χ2v) is 10.8. The van der Waals surface area contributed by atoms with E-state index in [1.165, 1.54) is 24.8 Å². The van der Waals surface area contributed by atoms with Gasteiger partial charge in [-0.1, -0.05) is 71.9 Å². The fourth-order valence-corrected chi connectivity index (χ4v) is 4.78. The Morgan fingerprint density at radius 1 is 0.912 bits per heavy atom. The van der Waals surface area contributed by atoms with Crippen molar-refractivity contribution in [1.82, 2.24) is 0 Å². The van der Waals surface area contributed by atoms with Crippen LogP contribution in [0.1, 0.15) is 71.8 Å². The van der Waals surface area contributed by atoms with Gasteiger partial charge in [0.25, 0.3) is 0 Å². The highest BCUT2D eigenvalue weighted by atomic mass is 32.2. The van der Waals surface area contributed by atoms with Crippen molar-refractivity contribution < 1.29 is 19.0 Å². The third kappa shape index (κ3) is 8.15. The lowest BCUT2D eigenvalue weighted by atomic mass is 9.87. The maximum absolute atomic E-state index is 13.5. The molecule has 0 aromatic heterocycles. The molecule has 0 bridgehead atoms. The molecule has 1 amide bonds. The van der Waals surface area contributed by atoms with Crippen molar-refractivity contribution >= 4 is 23.4 Å². The highest BCUT2D eigenvalue weighted by Gasteiger charge is 2.24. The van der Waals surface area contributed by atoms with Gasteiger partial charge in [0.1, 0.15) is 22.9 Å². The summed E-state index contributed by atoms with van der Waals surface area (Å²) in [5.41, 5.74) is 1.90. The molecule has 1 unspecified atom stereocenters. The number of carbonyl (C=O) groups excluding carboxylic acids is 1. The lowest BCUT2D eigenvalue weighted by Gasteiger charge is -2.21. The van der Waals surface area contributed by atoms with Crippen LogP contribution >= 0.6 is 11.8 Å². The van der Waals surface area contributed by atoms with E-state index in [4.69, 9.17) is 14.2 Å². The summed E-state index contributed by atoms with van der Waals surface area (Å²) in [6.45, 7) is 8.83. The molecule has 0 fully saturated rings. The van der Waals surface area contributed by atoms with Crippen LogP contribution in [0.25, 0.3) is 0 Å². The highest BCUT2D eigenvalue weighted by Crippen LogP contribution is 2.40. The monoisotopic (exact) mass is 487 g/mol. The number of nitrogens with one attached hydrogen (secondary N) is 1.